The van der Waals surface area contributed by atoms with Crippen molar-refractivity contribution in [2.24, 2.45) is 5.92 Å². The van der Waals surface area contributed by atoms with E-state index >= 15 is 0 Å². The van der Waals surface area contributed by atoms with Crippen LogP contribution in [0.5, 0.6) is 0 Å². The number of allylic oxidation sites excluding steroid dienone is 1. The Hall–Kier alpha value is -1.84. The van der Waals surface area contributed by atoms with Gasteiger partial charge in [0.25, 0.3) is 0 Å². The number of nitrogens with zero attached hydrogens (tertiary/aromatic N) is 1. The minimum Gasteiger partial charge on any atom is -0.370 e. The maximum atomic E-state index is 11.9. The Bertz CT molecular complexity index is 532. The number of amides is 1. The summed E-state index contributed by atoms with van der Waals surface area (Å²) >= 11 is 0. The molecule has 0 radical (unpaired) electrons. The van der Waals surface area contributed by atoms with Crippen molar-refractivity contribution >= 4 is 17.4 Å². The third-order valence-corrected chi connectivity index (χ3v) is 4.64. The minimum atomic E-state index is 0.137. The third-order valence-electron chi connectivity index (χ3n) is 4.64. The second kappa shape index (κ2) is 7.43. The highest BCUT2D eigenvalue weighted by molar-refractivity contribution is 5.92. The van der Waals surface area contributed by atoms with Gasteiger partial charge in [-0.05, 0) is 57.1 Å². The van der Waals surface area contributed by atoms with E-state index in [-0.39, 0.29) is 11.8 Å². The maximum Gasteiger partial charge on any atom is 0.227 e. The van der Waals surface area contributed by atoms with Crippen LogP contribution in [-0.4, -0.2) is 17.4 Å². The molecule has 2 aliphatic rings. The molecule has 0 unspecified atom stereocenters. The molecule has 22 heavy (non-hydrogen) atoms. The second-order valence-electron chi connectivity index (χ2n) is 6.33. The van der Waals surface area contributed by atoms with Gasteiger partial charge in [-0.15, -0.1) is 0 Å². The molecule has 1 heterocycles. The van der Waals surface area contributed by atoms with E-state index in [2.05, 4.69) is 21.7 Å². The Morgan fingerprint density at radius 2 is 2.14 bits per heavy atom. The van der Waals surface area contributed by atoms with E-state index in [0.717, 1.165) is 37.3 Å². The van der Waals surface area contributed by atoms with Gasteiger partial charge < -0.3 is 10.6 Å². The summed E-state index contributed by atoms with van der Waals surface area (Å²) in [5, 5.41) is 6.29. The van der Waals surface area contributed by atoms with E-state index in [0.29, 0.717) is 0 Å². The molecule has 4 nitrogen and oxygen atoms in total. The fourth-order valence-corrected chi connectivity index (χ4v) is 2.97. The van der Waals surface area contributed by atoms with Crippen molar-refractivity contribution in [1.29, 1.82) is 0 Å². The number of carbonyl (C=O) groups is 1. The van der Waals surface area contributed by atoms with Crippen LogP contribution in [0.3, 0.4) is 0 Å². The van der Waals surface area contributed by atoms with Crippen LogP contribution in [0, 0.1) is 5.92 Å². The summed E-state index contributed by atoms with van der Waals surface area (Å²) in [6, 6.07) is 3.86. The quantitative estimate of drug-likeness (QED) is 0.777. The van der Waals surface area contributed by atoms with E-state index in [9.17, 15) is 4.79 Å². The lowest BCUT2D eigenvalue weighted by Crippen LogP contribution is -2.28. The van der Waals surface area contributed by atoms with E-state index < -0.39 is 0 Å². The van der Waals surface area contributed by atoms with Crippen LogP contribution < -0.4 is 10.6 Å². The lowest BCUT2D eigenvalue weighted by atomic mass is 9.85. The van der Waals surface area contributed by atoms with Gasteiger partial charge in [0.05, 0.1) is 11.9 Å². The first kappa shape index (κ1) is 15.1. The molecule has 0 spiro atoms. The molecule has 1 amide bonds. The molecule has 1 fully saturated rings. The number of hydrogen-bond donors (Lipinski definition) is 2. The SMILES string of the molecule is O=C(Nc1ccc(NCCC2=CCCCC2)nc1)C1CCC1. The summed E-state index contributed by atoms with van der Waals surface area (Å²) in [6.07, 6.45) is 13.6. The van der Waals surface area contributed by atoms with Crippen LogP contribution >= 0.6 is 0 Å². The molecule has 4 heteroatoms. The standard InChI is InChI=1S/C18H25N3O/c22-18(15-7-4-8-15)21-16-9-10-17(20-13-16)19-12-11-14-5-2-1-3-6-14/h5,9-10,13,15H,1-4,6-8,11-12H2,(H,19,20)(H,21,22). The van der Waals surface area contributed by atoms with Gasteiger partial charge in [0.2, 0.25) is 5.91 Å². The summed E-state index contributed by atoms with van der Waals surface area (Å²) in [5.74, 6) is 1.22. The zero-order valence-corrected chi connectivity index (χ0v) is 13.1. The average Bonchev–Trinajstić information content (AvgIpc) is 2.48. The second-order valence-corrected chi connectivity index (χ2v) is 6.33. The zero-order valence-electron chi connectivity index (χ0n) is 13.1. The number of hydrogen-bond acceptors (Lipinski definition) is 3. The Kier molecular flexibility index (Phi) is 5.09. The van der Waals surface area contributed by atoms with Crippen LogP contribution in [0.15, 0.2) is 30.0 Å². The number of rotatable bonds is 6. The van der Waals surface area contributed by atoms with Gasteiger partial charge >= 0.3 is 0 Å². The van der Waals surface area contributed by atoms with Gasteiger partial charge in [0, 0.05) is 12.5 Å². The molecular weight excluding hydrogens is 274 g/mol. The van der Waals surface area contributed by atoms with Gasteiger partial charge in [0.15, 0.2) is 0 Å². The van der Waals surface area contributed by atoms with Crippen molar-refractivity contribution in [2.45, 2.75) is 51.4 Å². The number of anilines is 2. The van der Waals surface area contributed by atoms with Crippen molar-refractivity contribution in [3.63, 3.8) is 0 Å². The Morgan fingerprint density at radius 3 is 2.77 bits per heavy atom. The van der Waals surface area contributed by atoms with E-state index in [1.165, 1.54) is 32.1 Å². The van der Waals surface area contributed by atoms with Crippen LogP contribution in [0.1, 0.15) is 51.4 Å². The monoisotopic (exact) mass is 299 g/mol. The Labute approximate surface area is 132 Å². The number of carbonyl (C=O) groups excluding carboxylic acids is 1. The molecule has 118 valence electrons. The molecule has 1 aromatic rings. The fraction of sp³-hybridized carbons (Fsp3) is 0.556. The lowest BCUT2D eigenvalue weighted by Gasteiger charge is -2.23. The molecule has 1 saturated carbocycles. The summed E-state index contributed by atoms with van der Waals surface area (Å²) < 4.78 is 0. The van der Waals surface area contributed by atoms with Crippen molar-refractivity contribution in [3.8, 4) is 0 Å². The molecule has 1 aromatic heterocycles. The van der Waals surface area contributed by atoms with Crippen molar-refractivity contribution in [3.05, 3.63) is 30.0 Å². The first-order chi connectivity index (χ1) is 10.8. The minimum absolute atomic E-state index is 0.137. The zero-order chi connectivity index (χ0) is 15.2. The summed E-state index contributed by atoms with van der Waals surface area (Å²) in [4.78, 5) is 16.2. The number of nitrogens with one attached hydrogen (secondary N) is 2. The number of aromatic nitrogens is 1. The smallest absolute Gasteiger partial charge is 0.227 e. The van der Waals surface area contributed by atoms with Gasteiger partial charge in [-0.2, -0.15) is 0 Å². The van der Waals surface area contributed by atoms with Gasteiger partial charge in [-0.3, -0.25) is 4.79 Å². The molecule has 0 atom stereocenters. The predicted molar refractivity (Wildman–Crippen MR) is 89.9 cm³/mol. The first-order valence-electron chi connectivity index (χ1n) is 8.50. The summed E-state index contributed by atoms with van der Waals surface area (Å²) in [5.41, 5.74) is 2.36. The summed E-state index contributed by atoms with van der Waals surface area (Å²) in [7, 11) is 0. The molecule has 3 rings (SSSR count). The molecule has 0 aliphatic heterocycles. The number of pyridine rings is 1. The van der Waals surface area contributed by atoms with E-state index in [4.69, 9.17) is 0 Å². The first-order valence-corrected chi connectivity index (χ1v) is 8.50. The molecule has 0 saturated heterocycles. The average molecular weight is 299 g/mol. The van der Waals surface area contributed by atoms with Crippen molar-refractivity contribution < 1.29 is 4.79 Å². The molecular formula is C18H25N3O. The van der Waals surface area contributed by atoms with Crippen LogP contribution in [0.2, 0.25) is 0 Å². The highest BCUT2D eigenvalue weighted by Crippen LogP contribution is 2.27. The van der Waals surface area contributed by atoms with E-state index in [1.54, 1.807) is 11.8 Å². The van der Waals surface area contributed by atoms with E-state index in [1.807, 2.05) is 12.1 Å². The fourth-order valence-electron chi connectivity index (χ4n) is 2.97. The highest BCUT2D eigenvalue weighted by Gasteiger charge is 2.25. The Balaban J connectivity index is 1.42. The van der Waals surface area contributed by atoms with Crippen LogP contribution in [0.25, 0.3) is 0 Å². The Morgan fingerprint density at radius 1 is 1.23 bits per heavy atom. The maximum absolute atomic E-state index is 11.9. The topological polar surface area (TPSA) is 54.0 Å². The molecule has 2 aliphatic carbocycles. The largest absolute Gasteiger partial charge is 0.370 e. The molecule has 0 aromatic carbocycles. The lowest BCUT2D eigenvalue weighted by molar-refractivity contribution is -0.122. The summed E-state index contributed by atoms with van der Waals surface area (Å²) in [6.45, 7) is 0.923. The highest BCUT2D eigenvalue weighted by atomic mass is 16.1. The normalized spacial score (nSPS) is 18.3. The molecule has 0 bridgehead atoms. The van der Waals surface area contributed by atoms with Crippen molar-refractivity contribution in [1.82, 2.24) is 4.98 Å². The van der Waals surface area contributed by atoms with Gasteiger partial charge in [-0.1, -0.05) is 18.1 Å². The molecule has 2 N–H and O–H groups in total. The van der Waals surface area contributed by atoms with Gasteiger partial charge in [-0.25, -0.2) is 4.98 Å². The van der Waals surface area contributed by atoms with Crippen LogP contribution in [0.4, 0.5) is 11.5 Å². The van der Waals surface area contributed by atoms with Gasteiger partial charge in [0.1, 0.15) is 5.82 Å². The van der Waals surface area contributed by atoms with Crippen molar-refractivity contribution in [2.75, 3.05) is 17.2 Å². The van der Waals surface area contributed by atoms with Crippen LogP contribution in [-0.2, 0) is 4.79 Å². The third kappa shape index (κ3) is 4.09. The predicted octanol–water partition coefficient (Wildman–Crippen LogP) is 4.12.